The van der Waals surface area contributed by atoms with E-state index in [1.54, 1.807) is 0 Å². The van der Waals surface area contributed by atoms with Gasteiger partial charge in [-0.2, -0.15) is 0 Å². The predicted octanol–water partition coefficient (Wildman–Crippen LogP) is 4.77. The summed E-state index contributed by atoms with van der Waals surface area (Å²) in [6.45, 7) is 4.30. The van der Waals surface area contributed by atoms with Gasteiger partial charge in [0.2, 0.25) is 0 Å². The quantitative estimate of drug-likeness (QED) is 0.741. The minimum absolute atomic E-state index is 0.105. The summed E-state index contributed by atoms with van der Waals surface area (Å²) >= 11 is 0. The second-order valence-electron chi connectivity index (χ2n) is 7.62. The summed E-state index contributed by atoms with van der Waals surface area (Å²) in [5, 5.41) is 0. The molecule has 2 nitrogen and oxygen atoms in total. The standard InChI is InChI=1S/C18H32O2/c1-14-7-9-15(10-8-14)11-18-19-12-17(13-20-18)16-5-3-2-4-6-16/h14-18H,2-13H2,1H3. The maximum atomic E-state index is 6.05. The van der Waals surface area contributed by atoms with Crippen molar-refractivity contribution < 1.29 is 9.47 Å². The third kappa shape index (κ3) is 3.98. The Morgan fingerprint density at radius 2 is 1.40 bits per heavy atom. The lowest BCUT2D eigenvalue weighted by Gasteiger charge is -2.37. The third-order valence-corrected chi connectivity index (χ3v) is 5.97. The molecule has 0 amide bonds. The molecule has 0 aromatic rings. The second kappa shape index (κ2) is 7.26. The van der Waals surface area contributed by atoms with E-state index >= 15 is 0 Å². The van der Waals surface area contributed by atoms with Gasteiger partial charge in [0.05, 0.1) is 13.2 Å². The lowest BCUT2D eigenvalue weighted by atomic mass is 9.80. The third-order valence-electron chi connectivity index (χ3n) is 5.97. The fourth-order valence-corrected chi connectivity index (χ4v) is 4.41. The van der Waals surface area contributed by atoms with Gasteiger partial charge in [-0.3, -0.25) is 0 Å². The minimum Gasteiger partial charge on any atom is -0.352 e. The maximum absolute atomic E-state index is 6.05. The molecule has 1 saturated heterocycles. The van der Waals surface area contributed by atoms with Gasteiger partial charge in [0.1, 0.15) is 0 Å². The first-order valence-electron chi connectivity index (χ1n) is 9.04. The first-order chi connectivity index (χ1) is 9.81. The second-order valence-corrected chi connectivity index (χ2v) is 7.62. The molecule has 0 atom stereocenters. The number of hydrogen-bond acceptors (Lipinski definition) is 2. The molecule has 0 N–H and O–H groups in total. The Bertz CT molecular complexity index is 269. The van der Waals surface area contributed by atoms with Crippen molar-refractivity contribution in [2.24, 2.45) is 23.7 Å². The Kier molecular flexibility index (Phi) is 5.39. The Morgan fingerprint density at radius 1 is 0.750 bits per heavy atom. The van der Waals surface area contributed by atoms with E-state index in [9.17, 15) is 0 Å². The van der Waals surface area contributed by atoms with Crippen LogP contribution in [0.25, 0.3) is 0 Å². The lowest BCUT2D eigenvalue weighted by molar-refractivity contribution is -0.217. The van der Waals surface area contributed by atoms with Gasteiger partial charge in [0, 0.05) is 12.3 Å². The van der Waals surface area contributed by atoms with E-state index in [1.165, 1.54) is 57.8 Å². The van der Waals surface area contributed by atoms with E-state index < -0.39 is 0 Å². The highest BCUT2D eigenvalue weighted by atomic mass is 16.7. The Hall–Kier alpha value is -0.0800. The van der Waals surface area contributed by atoms with Crippen LogP contribution in [0, 0.1) is 23.7 Å². The maximum Gasteiger partial charge on any atom is 0.157 e. The van der Waals surface area contributed by atoms with Gasteiger partial charge in [0.15, 0.2) is 6.29 Å². The molecule has 0 aromatic heterocycles. The average Bonchev–Trinajstić information content (AvgIpc) is 2.51. The number of rotatable bonds is 3. The smallest absolute Gasteiger partial charge is 0.157 e. The monoisotopic (exact) mass is 280 g/mol. The summed E-state index contributed by atoms with van der Waals surface area (Å²) < 4.78 is 12.1. The van der Waals surface area contributed by atoms with Crippen molar-refractivity contribution in [3.63, 3.8) is 0 Å². The van der Waals surface area contributed by atoms with Crippen LogP contribution in [-0.4, -0.2) is 19.5 Å². The van der Waals surface area contributed by atoms with Crippen molar-refractivity contribution in [3.8, 4) is 0 Å². The zero-order chi connectivity index (χ0) is 13.8. The van der Waals surface area contributed by atoms with Gasteiger partial charge in [-0.05, 0) is 17.8 Å². The summed E-state index contributed by atoms with van der Waals surface area (Å²) in [4.78, 5) is 0. The molecule has 0 radical (unpaired) electrons. The molecule has 0 spiro atoms. The Morgan fingerprint density at radius 3 is 2.05 bits per heavy atom. The van der Waals surface area contributed by atoms with Crippen LogP contribution in [0.5, 0.6) is 0 Å². The molecule has 2 heteroatoms. The zero-order valence-electron chi connectivity index (χ0n) is 13.2. The van der Waals surface area contributed by atoms with E-state index in [2.05, 4.69) is 6.92 Å². The normalized spacial score (nSPS) is 40.6. The minimum atomic E-state index is 0.105. The van der Waals surface area contributed by atoms with Crippen molar-refractivity contribution in [1.82, 2.24) is 0 Å². The van der Waals surface area contributed by atoms with Crippen LogP contribution in [0.1, 0.15) is 71.1 Å². The molecular weight excluding hydrogens is 248 g/mol. The molecule has 116 valence electrons. The van der Waals surface area contributed by atoms with Crippen LogP contribution in [0.15, 0.2) is 0 Å². The number of hydrogen-bond donors (Lipinski definition) is 0. The Labute approximate surface area is 124 Å². The van der Waals surface area contributed by atoms with Crippen molar-refractivity contribution >= 4 is 0 Å². The van der Waals surface area contributed by atoms with Crippen molar-refractivity contribution in [3.05, 3.63) is 0 Å². The van der Waals surface area contributed by atoms with Crippen LogP contribution in [-0.2, 0) is 9.47 Å². The lowest BCUT2D eigenvalue weighted by Crippen LogP contribution is -2.37. The van der Waals surface area contributed by atoms with E-state index in [0.717, 1.165) is 37.4 Å². The highest BCUT2D eigenvalue weighted by molar-refractivity contribution is 4.77. The van der Waals surface area contributed by atoms with Gasteiger partial charge in [-0.1, -0.05) is 64.7 Å². The van der Waals surface area contributed by atoms with E-state index in [-0.39, 0.29) is 6.29 Å². The molecule has 2 aliphatic carbocycles. The van der Waals surface area contributed by atoms with Crippen molar-refractivity contribution in [2.75, 3.05) is 13.2 Å². The SMILES string of the molecule is CC1CCC(CC2OCC(C3CCCCC3)CO2)CC1. The highest BCUT2D eigenvalue weighted by Crippen LogP contribution is 2.35. The van der Waals surface area contributed by atoms with E-state index in [1.807, 2.05) is 0 Å². The molecule has 3 rings (SSSR count). The predicted molar refractivity (Wildman–Crippen MR) is 81.5 cm³/mol. The summed E-state index contributed by atoms with van der Waals surface area (Å²) in [5.74, 6) is 3.34. The molecule has 0 bridgehead atoms. The molecule has 3 fully saturated rings. The van der Waals surface area contributed by atoms with Gasteiger partial charge in [-0.25, -0.2) is 0 Å². The zero-order valence-corrected chi connectivity index (χ0v) is 13.2. The summed E-state index contributed by atoms with van der Waals surface area (Å²) in [6, 6.07) is 0. The molecule has 0 unspecified atom stereocenters. The van der Waals surface area contributed by atoms with Crippen molar-refractivity contribution in [1.29, 1.82) is 0 Å². The fraction of sp³-hybridized carbons (Fsp3) is 1.00. The Balaban J connectivity index is 1.37. The highest BCUT2D eigenvalue weighted by Gasteiger charge is 2.31. The average molecular weight is 280 g/mol. The molecule has 1 heterocycles. The molecule has 3 aliphatic rings. The van der Waals surface area contributed by atoms with E-state index in [0.29, 0.717) is 5.92 Å². The van der Waals surface area contributed by atoms with Crippen LogP contribution in [0.3, 0.4) is 0 Å². The first-order valence-corrected chi connectivity index (χ1v) is 9.04. The van der Waals surface area contributed by atoms with Crippen LogP contribution in [0.2, 0.25) is 0 Å². The fourth-order valence-electron chi connectivity index (χ4n) is 4.41. The van der Waals surface area contributed by atoms with Crippen LogP contribution in [0.4, 0.5) is 0 Å². The molecule has 20 heavy (non-hydrogen) atoms. The summed E-state index contributed by atoms with van der Waals surface area (Å²) in [7, 11) is 0. The molecular formula is C18H32O2. The summed E-state index contributed by atoms with van der Waals surface area (Å²) in [6.07, 6.45) is 13.9. The summed E-state index contributed by atoms with van der Waals surface area (Å²) in [5.41, 5.74) is 0. The van der Waals surface area contributed by atoms with Gasteiger partial charge in [-0.15, -0.1) is 0 Å². The van der Waals surface area contributed by atoms with Crippen molar-refractivity contribution in [2.45, 2.75) is 77.4 Å². The van der Waals surface area contributed by atoms with Gasteiger partial charge < -0.3 is 9.47 Å². The van der Waals surface area contributed by atoms with Gasteiger partial charge in [0.25, 0.3) is 0 Å². The van der Waals surface area contributed by atoms with Crippen LogP contribution < -0.4 is 0 Å². The topological polar surface area (TPSA) is 18.5 Å². The van der Waals surface area contributed by atoms with Crippen LogP contribution >= 0.6 is 0 Å². The van der Waals surface area contributed by atoms with E-state index in [4.69, 9.17) is 9.47 Å². The molecule has 0 aromatic carbocycles. The number of ether oxygens (including phenoxy) is 2. The largest absolute Gasteiger partial charge is 0.352 e. The first kappa shape index (κ1) is 14.8. The van der Waals surface area contributed by atoms with Gasteiger partial charge >= 0.3 is 0 Å². The molecule has 1 aliphatic heterocycles. The molecule has 2 saturated carbocycles.